The summed E-state index contributed by atoms with van der Waals surface area (Å²) in [6, 6.07) is 13.6. The Morgan fingerprint density at radius 1 is 1.14 bits per heavy atom. The standard InChI is InChI=1S/C18H21ClN2O/c1-3-14-6-4-5-7-16(14)21-18(22)10-11-20-17-12-15(19)9-8-13(17)2/h4-9,12,20H,3,10-11H2,1-2H3,(H,21,22). The Morgan fingerprint density at radius 2 is 1.91 bits per heavy atom. The van der Waals surface area contributed by atoms with Crippen molar-refractivity contribution in [3.8, 4) is 0 Å². The van der Waals surface area contributed by atoms with Crippen molar-refractivity contribution in [1.29, 1.82) is 0 Å². The molecule has 0 atom stereocenters. The Bertz CT molecular complexity index is 655. The number of amides is 1. The first-order chi connectivity index (χ1) is 10.6. The molecule has 0 unspecified atom stereocenters. The van der Waals surface area contributed by atoms with Crippen molar-refractivity contribution in [2.24, 2.45) is 0 Å². The second-order valence-electron chi connectivity index (χ2n) is 5.19. The molecule has 0 aliphatic carbocycles. The molecule has 0 saturated carbocycles. The van der Waals surface area contributed by atoms with Crippen LogP contribution in [0.4, 0.5) is 11.4 Å². The van der Waals surface area contributed by atoms with Gasteiger partial charge in [0.25, 0.3) is 0 Å². The van der Waals surface area contributed by atoms with Crippen LogP contribution in [-0.4, -0.2) is 12.5 Å². The van der Waals surface area contributed by atoms with E-state index in [0.29, 0.717) is 18.0 Å². The Balaban J connectivity index is 1.87. The van der Waals surface area contributed by atoms with E-state index >= 15 is 0 Å². The second-order valence-corrected chi connectivity index (χ2v) is 5.63. The number of aryl methyl sites for hydroxylation is 2. The number of halogens is 1. The fourth-order valence-electron chi connectivity index (χ4n) is 2.26. The lowest BCUT2D eigenvalue weighted by molar-refractivity contribution is -0.115. The number of carbonyl (C=O) groups excluding carboxylic acids is 1. The minimum absolute atomic E-state index is 0.00748. The highest BCUT2D eigenvalue weighted by Gasteiger charge is 2.06. The van der Waals surface area contributed by atoms with Crippen molar-refractivity contribution in [3.05, 3.63) is 58.6 Å². The van der Waals surface area contributed by atoms with Gasteiger partial charge in [0.05, 0.1) is 0 Å². The molecule has 4 heteroatoms. The SMILES string of the molecule is CCc1ccccc1NC(=O)CCNc1cc(Cl)ccc1C. The van der Waals surface area contributed by atoms with E-state index in [0.717, 1.165) is 28.9 Å². The van der Waals surface area contributed by atoms with E-state index in [1.807, 2.05) is 49.4 Å². The van der Waals surface area contributed by atoms with Crippen LogP contribution in [0.1, 0.15) is 24.5 Å². The Hall–Kier alpha value is -2.00. The molecule has 0 fully saturated rings. The van der Waals surface area contributed by atoms with Gasteiger partial charge in [-0.25, -0.2) is 0 Å². The Labute approximate surface area is 136 Å². The fraction of sp³-hybridized carbons (Fsp3) is 0.278. The number of para-hydroxylation sites is 1. The summed E-state index contributed by atoms with van der Waals surface area (Å²) < 4.78 is 0. The Morgan fingerprint density at radius 3 is 2.68 bits per heavy atom. The maximum Gasteiger partial charge on any atom is 0.226 e. The topological polar surface area (TPSA) is 41.1 Å². The van der Waals surface area contributed by atoms with E-state index in [2.05, 4.69) is 17.6 Å². The third-order valence-corrected chi connectivity index (χ3v) is 3.77. The van der Waals surface area contributed by atoms with Crippen molar-refractivity contribution < 1.29 is 4.79 Å². The van der Waals surface area contributed by atoms with Gasteiger partial charge >= 0.3 is 0 Å². The fourth-order valence-corrected chi connectivity index (χ4v) is 2.43. The van der Waals surface area contributed by atoms with E-state index in [9.17, 15) is 4.79 Å². The van der Waals surface area contributed by atoms with Crippen LogP contribution in [-0.2, 0) is 11.2 Å². The van der Waals surface area contributed by atoms with Crippen molar-refractivity contribution in [1.82, 2.24) is 0 Å². The largest absolute Gasteiger partial charge is 0.384 e. The number of benzene rings is 2. The summed E-state index contributed by atoms with van der Waals surface area (Å²) in [6.07, 6.45) is 1.31. The van der Waals surface area contributed by atoms with Crippen LogP contribution < -0.4 is 10.6 Å². The van der Waals surface area contributed by atoms with Gasteiger partial charge in [-0.15, -0.1) is 0 Å². The quantitative estimate of drug-likeness (QED) is 0.814. The third kappa shape index (κ3) is 4.50. The molecule has 0 heterocycles. The summed E-state index contributed by atoms with van der Waals surface area (Å²) in [7, 11) is 0. The summed E-state index contributed by atoms with van der Waals surface area (Å²) in [5, 5.41) is 6.91. The van der Waals surface area contributed by atoms with Gasteiger partial charge in [0, 0.05) is 29.4 Å². The first-order valence-electron chi connectivity index (χ1n) is 7.48. The molecule has 0 saturated heterocycles. The third-order valence-electron chi connectivity index (χ3n) is 3.54. The molecule has 2 rings (SSSR count). The van der Waals surface area contributed by atoms with Crippen molar-refractivity contribution in [2.45, 2.75) is 26.7 Å². The van der Waals surface area contributed by atoms with Crippen molar-refractivity contribution in [2.75, 3.05) is 17.2 Å². The summed E-state index contributed by atoms with van der Waals surface area (Å²) in [5.74, 6) is 0.00748. The Kier molecular flexibility index (Phi) is 5.84. The summed E-state index contributed by atoms with van der Waals surface area (Å²) >= 11 is 5.98. The van der Waals surface area contributed by atoms with E-state index in [1.165, 1.54) is 0 Å². The highest BCUT2D eigenvalue weighted by atomic mass is 35.5. The lowest BCUT2D eigenvalue weighted by Crippen LogP contribution is -2.17. The number of hydrogen-bond acceptors (Lipinski definition) is 2. The predicted octanol–water partition coefficient (Wildman–Crippen LogP) is 4.65. The molecule has 0 radical (unpaired) electrons. The molecular formula is C18H21ClN2O. The molecule has 2 aromatic rings. The number of rotatable bonds is 6. The van der Waals surface area contributed by atoms with Gasteiger partial charge in [0.15, 0.2) is 0 Å². The molecular weight excluding hydrogens is 296 g/mol. The molecule has 0 aliphatic heterocycles. The van der Waals surface area contributed by atoms with Gasteiger partial charge in [-0.1, -0.05) is 42.8 Å². The molecule has 116 valence electrons. The smallest absolute Gasteiger partial charge is 0.226 e. The monoisotopic (exact) mass is 316 g/mol. The minimum Gasteiger partial charge on any atom is -0.384 e. The van der Waals surface area contributed by atoms with Crippen LogP contribution in [0.25, 0.3) is 0 Å². The molecule has 0 aliphatic rings. The summed E-state index contributed by atoms with van der Waals surface area (Å²) in [5.41, 5.74) is 4.12. The summed E-state index contributed by atoms with van der Waals surface area (Å²) in [4.78, 5) is 12.0. The molecule has 2 N–H and O–H groups in total. The highest BCUT2D eigenvalue weighted by Crippen LogP contribution is 2.20. The zero-order valence-electron chi connectivity index (χ0n) is 12.9. The average Bonchev–Trinajstić information content (AvgIpc) is 2.51. The number of carbonyl (C=O) groups is 1. The van der Waals surface area contributed by atoms with E-state index in [4.69, 9.17) is 11.6 Å². The highest BCUT2D eigenvalue weighted by molar-refractivity contribution is 6.30. The van der Waals surface area contributed by atoms with Gasteiger partial charge in [-0.05, 0) is 42.7 Å². The predicted molar refractivity (Wildman–Crippen MR) is 93.7 cm³/mol. The first-order valence-corrected chi connectivity index (χ1v) is 7.85. The van der Waals surface area contributed by atoms with E-state index < -0.39 is 0 Å². The maximum atomic E-state index is 12.0. The average molecular weight is 317 g/mol. The molecule has 3 nitrogen and oxygen atoms in total. The zero-order chi connectivity index (χ0) is 15.9. The van der Waals surface area contributed by atoms with Crippen LogP contribution >= 0.6 is 11.6 Å². The van der Waals surface area contributed by atoms with E-state index in [-0.39, 0.29) is 5.91 Å². The normalized spacial score (nSPS) is 10.3. The van der Waals surface area contributed by atoms with Crippen molar-refractivity contribution >= 4 is 28.9 Å². The van der Waals surface area contributed by atoms with E-state index in [1.54, 1.807) is 0 Å². The molecule has 0 spiro atoms. The lowest BCUT2D eigenvalue weighted by atomic mass is 10.1. The zero-order valence-corrected chi connectivity index (χ0v) is 13.7. The first kappa shape index (κ1) is 16.4. The number of hydrogen-bond donors (Lipinski definition) is 2. The molecule has 22 heavy (non-hydrogen) atoms. The maximum absolute atomic E-state index is 12.0. The van der Waals surface area contributed by atoms with Crippen LogP contribution in [0.2, 0.25) is 5.02 Å². The molecule has 0 bridgehead atoms. The van der Waals surface area contributed by atoms with Gasteiger partial charge < -0.3 is 10.6 Å². The lowest BCUT2D eigenvalue weighted by Gasteiger charge is -2.12. The molecule has 1 amide bonds. The van der Waals surface area contributed by atoms with Crippen LogP contribution in [0, 0.1) is 6.92 Å². The second kappa shape index (κ2) is 7.85. The van der Waals surface area contributed by atoms with Gasteiger partial charge in [-0.3, -0.25) is 4.79 Å². The molecule has 2 aromatic carbocycles. The number of nitrogens with one attached hydrogen (secondary N) is 2. The van der Waals surface area contributed by atoms with Crippen LogP contribution in [0.15, 0.2) is 42.5 Å². The number of anilines is 2. The summed E-state index contributed by atoms with van der Waals surface area (Å²) in [6.45, 7) is 4.66. The van der Waals surface area contributed by atoms with Gasteiger partial charge in [-0.2, -0.15) is 0 Å². The van der Waals surface area contributed by atoms with Crippen LogP contribution in [0.3, 0.4) is 0 Å². The van der Waals surface area contributed by atoms with Crippen molar-refractivity contribution in [3.63, 3.8) is 0 Å². The van der Waals surface area contributed by atoms with Gasteiger partial charge in [0.1, 0.15) is 0 Å². The van der Waals surface area contributed by atoms with Crippen LogP contribution in [0.5, 0.6) is 0 Å². The van der Waals surface area contributed by atoms with Gasteiger partial charge in [0.2, 0.25) is 5.91 Å². The molecule has 0 aromatic heterocycles. The minimum atomic E-state index is 0.00748.